The fourth-order valence-electron chi connectivity index (χ4n) is 4.77. The van der Waals surface area contributed by atoms with Gasteiger partial charge in [-0.25, -0.2) is 0 Å². The molecule has 3 heteroatoms. The molecule has 0 aliphatic carbocycles. The Hall–Kier alpha value is -3.43. The Kier molecular flexibility index (Phi) is 4.46. The predicted molar refractivity (Wildman–Crippen MR) is 141 cm³/mol. The number of furan rings is 1. The van der Waals surface area contributed by atoms with Crippen LogP contribution in [0.5, 0.6) is 0 Å². The van der Waals surface area contributed by atoms with E-state index >= 15 is 0 Å². The average molecular weight is 448 g/mol. The number of para-hydroxylation sites is 1. The van der Waals surface area contributed by atoms with E-state index in [1.54, 1.807) is 11.3 Å². The van der Waals surface area contributed by atoms with Gasteiger partial charge in [0.1, 0.15) is 5.58 Å². The van der Waals surface area contributed by atoms with Crippen molar-refractivity contribution in [2.75, 3.05) is 0 Å². The predicted octanol–water partition coefficient (Wildman–Crippen LogP) is 9.14. The summed E-state index contributed by atoms with van der Waals surface area (Å²) in [4.78, 5) is 6.07. The molecular formula is C30H25NOS. The molecule has 0 atom stereocenters. The Morgan fingerprint density at radius 3 is 2.52 bits per heavy atom. The maximum absolute atomic E-state index is 5.94. The number of hydrogen-bond donors (Lipinski definition) is 0. The minimum Gasteiger partial charge on any atom is -0.463 e. The molecule has 162 valence electrons. The molecule has 0 fully saturated rings. The highest BCUT2D eigenvalue weighted by Crippen LogP contribution is 2.42. The van der Waals surface area contributed by atoms with Gasteiger partial charge >= 0.3 is 0 Å². The number of rotatable bonds is 2. The first-order chi connectivity index (χ1) is 15.9. The second kappa shape index (κ2) is 7.29. The number of aromatic nitrogens is 1. The minimum absolute atomic E-state index is 0.0378. The van der Waals surface area contributed by atoms with Crippen LogP contribution in [0, 0.1) is 6.92 Å². The number of benzene rings is 3. The smallest absolute Gasteiger partial charge is 0.142 e. The lowest BCUT2D eigenvalue weighted by atomic mass is 9.82. The maximum atomic E-state index is 5.94. The van der Waals surface area contributed by atoms with Crippen LogP contribution in [0.2, 0.25) is 0 Å². The number of fused-ring (bicyclic) bond motifs is 3. The zero-order valence-electron chi connectivity index (χ0n) is 19.3. The molecule has 33 heavy (non-hydrogen) atoms. The van der Waals surface area contributed by atoms with Gasteiger partial charge in [-0.05, 0) is 64.6 Å². The third kappa shape index (κ3) is 3.27. The first kappa shape index (κ1) is 20.2. The average Bonchev–Trinajstić information content (AvgIpc) is 3.41. The fourth-order valence-corrected chi connectivity index (χ4v) is 5.85. The zero-order valence-corrected chi connectivity index (χ0v) is 20.1. The van der Waals surface area contributed by atoms with E-state index in [4.69, 9.17) is 9.40 Å². The van der Waals surface area contributed by atoms with E-state index < -0.39 is 0 Å². The Morgan fingerprint density at radius 2 is 1.67 bits per heavy atom. The lowest BCUT2D eigenvalue weighted by Gasteiger charge is -2.22. The van der Waals surface area contributed by atoms with Gasteiger partial charge in [0.05, 0.1) is 12.0 Å². The second-order valence-corrected chi connectivity index (χ2v) is 10.9. The third-order valence-corrected chi connectivity index (χ3v) is 7.58. The standard InChI is InChI=1S/C30H25NOS/c1-18-17-32-29-21(18)10-7-11-23(29)27-16-24-26(33-27)12-13-31-28(24)20-14-19-8-5-6-9-22(19)25(15-20)30(2,3)4/h5-17H,1-4H3. The van der Waals surface area contributed by atoms with Crippen LogP contribution >= 0.6 is 11.3 Å². The summed E-state index contributed by atoms with van der Waals surface area (Å²) in [6, 6.07) is 24.1. The molecule has 0 saturated heterocycles. The van der Waals surface area contributed by atoms with Gasteiger partial charge in [-0.15, -0.1) is 11.3 Å². The molecule has 0 bridgehead atoms. The molecule has 0 saturated carbocycles. The Balaban J connectivity index is 1.59. The summed E-state index contributed by atoms with van der Waals surface area (Å²) in [6.45, 7) is 8.93. The van der Waals surface area contributed by atoms with Crippen molar-refractivity contribution in [2.45, 2.75) is 33.1 Å². The van der Waals surface area contributed by atoms with Crippen LogP contribution < -0.4 is 0 Å². The summed E-state index contributed by atoms with van der Waals surface area (Å²) < 4.78 is 7.17. The lowest BCUT2D eigenvalue weighted by Crippen LogP contribution is -2.12. The fraction of sp³-hybridized carbons (Fsp3) is 0.167. The van der Waals surface area contributed by atoms with Crippen LogP contribution in [0.15, 0.2) is 83.6 Å². The third-order valence-electron chi connectivity index (χ3n) is 6.45. The van der Waals surface area contributed by atoms with Crippen LogP contribution in [-0.4, -0.2) is 4.98 Å². The summed E-state index contributed by atoms with van der Waals surface area (Å²) in [5.74, 6) is 0. The Labute approximate surface area is 197 Å². The van der Waals surface area contributed by atoms with E-state index in [2.05, 4.69) is 94.4 Å². The van der Waals surface area contributed by atoms with Crippen molar-refractivity contribution in [1.29, 1.82) is 0 Å². The van der Waals surface area contributed by atoms with Gasteiger partial charge < -0.3 is 4.42 Å². The molecule has 0 spiro atoms. The molecule has 6 aromatic rings. The normalized spacial score (nSPS) is 12.2. The molecule has 6 rings (SSSR count). The van der Waals surface area contributed by atoms with Crippen LogP contribution in [0.3, 0.4) is 0 Å². The van der Waals surface area contributed by atoms with Gasteiger partial charge in [-0.3, -0.25) is 4.98 Å². The molecule has 0 aliphatic rings. The maximum Gasteiger partial charge on any atom is 0.142 e. The SMILES string of the molecule is Cc1coc2c(-c3cc4c(-c5cc(C(C)(C)C)c6ccccc6c5)nccc4s3)cccc12. The summed E-state index contributed by atoms with van der Waals surface area (Å²) in [6.07, 6.45) is 3.78. The van der Waals surface area contributed by atoms with E-state index in [1.807, 2.05) is 12.5 Å². The van der Waals surface area contributed by atoms with Gasteiger partial charge in [0.2, 0.25) is 0 Å². The first-order valence-corrected chi connectivity index (χ1v) is 12.1. The molecule has 0 radical (unpaired) electrons. The number of thiophene rings is 1. The Morgan fingerprint density at radius 1 is 0.848 bits per heavy atom. The summed E-state index contributed by atoms with van der Waals surface area (Å²) >= 11 is 1.80. The molecule has 0 aliphatic heterocycles. The summed E-state index contributed by atoms with van der Waals surface area (Å²) in [5.41, 5.74) is 6.85. The van der Waals surface area contributed by atoms with Crippen LogP contribution in [-0.2, 0) is 5.41 Å². The molecule has 3 aromatic carbocycles. The first-order valence-electron chi connectivity index (χ1n) is 11.3. The van der Waals surface area contributed by atoms with Gasteiger partial charge in [-0.2, -0.15) is 0 Å². The van der Waals surface area contributed by atoms with Crippen LogP contribution in [0.4, 0.5) is 0 Å². The zero-order chi connectivity index (χ0) is 22.7. The van der Waals surface area contributed by atoms with Crippen molar-refractivity contribution in [3.05, 3.63) is 90.3 Å². The molecule has 0 N–H and O–H groups in total. The molecular weight excluding hydrogens is 422 g/mol. The number of hydrogen-bond acceptors (Lipinski definition) is 3. The second-order valence-electron chi connectivity index (χ2n) is 9.78. The highest BCUT2D eigenvalue weighted by Gasteiger charge is 2.20. The highest BCUT2D eigenvalue weighted by molar-refractivity contribution is 7.22. The number of pyridine rings is 1. The monoisotopic (exact) mass is 447 g/mol. The van der Waals surface area contributed by atoms with Crippen molar-refractivity contribution in [3.8, 4) is 21.7 Å². The minimum atomic E-state index is 0.0378. The molecule has 2 nitrogen and oxygen atoms in total. The van der Waals surface area contributed by atoms with Crippen molar-refractivity contribution in [2.24, 2.45) is 0 Å². The molecule has 0 amide bonds. The van der Waals surface area contributed by atoms with Crippen molar-refractivity contribution in [3.63, 3.8) is 0 Å². The van der Waals surface area contributed by atoms with Gasteiger partial charge in [0, 0.05) is 37.7 Å². The van der Waals surface area contributed by atoms with Crippen molar-refractivity contribution < 1.29 is 4.42 Å². The van der Waals surface area contributed by atoms with E-state index in [0.29, 0.717) is 0 Å². The van der Waals surface area contributed by atoms with Crippen LogP contribution in [0.25, 0.3) is 53.5 Å². The van der Waals surface area contributed by atoms with Crippen molar-refractivity contribution in [1.82, 2.24) is 4.98 Å². The quantitative estimate of drug-likeness (QED) is 0.264. The van der Waals surface area contributed by atoms with Gasteiger partial charge in [-0.1, -0.05) is 57.2 Å². The van der Waals surface area contributed by atoms with E-state index in [-0.39, 0.29) is 5.41 Å². The summed E-state index contributed by atoms with van der Waals surface area (Å²) in [5, 5.41) is 4.93. The van der Waals surface area contributed by atoms with E-state index in [0.717, 1.165) is 16.8 Å². The largest absolute Gasteiger partial charge is 0.463 e. The number of nitrogens with zero attached hydrogens (tertiary/aromatic N) is 1. The number of aryl methyl sites for hydroxylation is 1. The Bertz CT molecular complexity index is 1660. The molecule has 3 heterocycles. The van der Waals surface area contributed by atoms with Crippen LogP contribution in [0.1, 0.15) is 31.9 Å². The summed E-state index contributed by atoms with van der Waals surface area (Å²) in [7, 11) is 0. The topological polar surface area (TPSA) is 26.0 Å². The van der Waals surface area contributed by atoms with E-state index in [9.17, 15) is 0 Å². The molecule has 0 unspecified atom stereocenters. The molecule has 3 aromatic heterocycles. The highest BCUT2D eigenvalue weighted by atomic mass is 32.1. The van der Waals surface area contributed by atoms with Gasteiger partial charge in [0.15, 0.2) is 0 Å². The van der Waals surface area contributed by atoms with Crippen molar-refractivity contribution >= 4 is 43.2 Å². The lowest BCUT2D eigenvalue weighted by molar-refractivity contribution is 0.596. The van der Waals surface area contributed by atoms with Gasteiger partial charge in [0.25, 0.3) is 0 Å². The van der Waals surface area contributed by atoms with E-state index in [1.165, 1.54) is 47.8 Å².